The van der Waals surface area contributed by atoms with Crippen molar-refractivity contribution in [1.82, 2.24) is 9.55 Å². The van der Waals surface area contributed by atoms with Crippen LogP contribution in [0.4, 0.5) is 0 Å². The summed E-state index contributed by atoms with van der Waals surface area (Å²) in [5, 5.41) is 10.5. The van der Waals surface area contributed by atoms with Crippen molar-refractivity contribution in [2.24, 2.45) is 4.99 Å². The van der Waals surface area contributed by atoms with Crippen LogP contribution in [0.25, 0.3) is 0 Å². The Hall–Kier alpha value is -3.07. The van der Waals surface area contributed by atoms with E-state index in [-0.39, 0.29) is 18.0 Å². The van der Waals surface area contributed by atoms with Crippen LogP contribution in [0, 0.1) is 0 Å². The minimum absolute atomic E-state index is 0.0119. The van der Waals surface area contributed by atoms with E-state index in [9.17, 15) is 14.7 Å². The first-order valence-electron chi connectivity index (χ1n) is 10.5. The maximum absolute atomic E-state index is 12.2. The number of aryl methyl sites for hydroxylation is 1. The Bertz CT molecular complexity index is 992. The number of methoxy groups -OCH3 is 2. The average Bonchev–Trinajstić information content (AvgIpc) is 2.77. The van der Waals surface area contributed by atoms with Gasteiger partial charge in [-0.2, -0.15) is 0 Å². The average molecular weight is 434 g/mol. The van der Waals surface area contributed by atoms with Gasteiger partial charge < -0.3 is 19.5 Å². The molecule has 0 bridgehead atoms. The van der Waals surface area contributed by atoms with Gasteiger partial charge in [-0.15, -0.1) is 0 Å². The van der Waals surface area contributed by atoms with E-state index in [1.807, 2.05) is 12.1 Å². The number of benzene rings is 1. The molecule has 0 saturated heterocycles. The number of aromatic nitrogens is 2. The molecule has 3 N–H and O–H groups in total. The molecule has 0 unspecified atom stereocenters. The van der Waals surface area contributed by atoms with Crippen molar-refractivity contribution in [3.63, 3.8) is 0 Å². The summed E-state index contributed by atoms with van der Waals surface area (Å²) in [5.41, 5.74) is -0.431. The molecule has 31 heavy (non-hydrogen) atoms. The Kier molecular flexibility index (Phi) is 9.33. The van der Waals surface area contributed by atoms with Gasteiger partial charge in [0.1, 0.15) is 5.56 Å². The lowest BCUT2D eigenvalue weighted by molar-refractivity contribution is -0.896. The maximum atomic E-state index is 12.2. The van der Waals surface area contributed by atoms with Crippen LogP contribution in [0.1, 0.15) is 31.4 Å². The summed E-state index contributed by atoms with van der Waals surface area (Å²) in [6.07, 6.45) is 2.67. The molecule has 0 atom stereocenters. The van der Waals surface area contributed by atoms with Crippen molar-refractivity contribution in [3.8, 4) is 17.4 Å². The third-order valence-electron chi connectivity index (χ3n) is 5.32. The Morgan fingerprint density at radius 1 is 1.16 bits per heavy atom. The van der Waals surface area contributed by atoms with Gasteiger partial charge in [0, 0.05) is 25.7 Å². The normalized spacial score (nSPS) is 11.4. The van der Waals surface area contributed by atoms with Crippen LogP contribution < -0.4 is 25.6 Å². The Balaban J connectivity index is 2.12. The highest BCUT2D eigenvalue weighted by Gasteiger charge is 2.13. The van der Waals surface area contributed by atoms with Gasteiger partial charge in [-0.25, -0.2) is 4.79 Å². The molecule has 2 aromatic rings. The minimum atomic E-state index is -0.662. The monoisotopic (exact) mass is 433 g/mol. The molecule has 2 rings (SSSR count). The minimum Gasteiger partial charge on any atom is -0.494 e. The van der Waals surface area contributed by atoms with Gasteiger partial charge in [0.2, 0.25) is 5.88 Å². The predicted octanol–water partition coefficient (Wildman–Crippen LogP) is 0.236. The van der Waals surface area contributed by atoms with Crippen LogP contribution in [0.15, 0.2) is 32.8 Å². The molecule has 1 aromatic carbocycles. The summed E-state index contributed by atoms with van der Waals surface area (Å²) in [5.74, 6) is 0.807. The smallest absolute Gasteiger partial charge is 0.331 e. The molecule has 1 heterocycles. The number of rotatable bonds is 12. The summed E-state index contributed by atoms with van der Waals surface area (Å²) in [7, 11) is 3.11. The van der Waals surface area contributed by atoms with Gasteiger partial charge in [0.05, 0.1) is 33.9 Å². The number of hydrogen-bond donors (Lipinski definition) is 3. The topological polar surface area (TPSA) is 110 Å². The van der Waals surface area contributed by atoms with Crippen molar-refractivity contribution < 1.29 is 19.5 Å². The summed E-state index contributed by atoms with van der Waals surface area (Å²) < 4.78 is 11.7. The number of nitrogens with one attached hydrogen (secondary N) is 2. The highest BCUT2D eigenvalue weighted by atomic mass is 16.5. The lowest BCUT2D eigenvalue weighted by atomic mass is 10.1. The lowest BCUT2D eigenvalue weighted by Gasteiger charge is -2.14. The van der Waals surface area contributed by atoms with Gasteiger partial charge in [-0.1, -0.05) is 6.07 Å². The van der Waals surface area contributed by atoms with Crippen molar-refractivity contribution in [2.45, 2.75) is 33.2 Å². The Labute approximate surface area is 182 Å². The first kappa shape index (κ1) is 24.2. The van der Waals surface area contributed by atoms with E-state index in [2.05, 4.69) is 23.8 Å². The van der Waals surface area contributed by atoms with Gasteiger partial charge in [0.25, 0.3) is 5.56 Å². The van der Waals surface area contributed by atoms with Crippen molar-refractivity contribution in [2.75, 3.05) is 40.4 Å². The molecular formula is C22H33N4O5+. The second kappa shape index (κ2) is 11.9. The number of nitrogens with zero attached hydrogens (tertiary/aromatic N) is 2. The number of H-pyrrole nitrogens is 1. The zero-order valence-electron chi connectivity index (χ0n) is 18.7. The second-order valence-corrected chi connectivity index (χ2v) is 7.18. The molecule has 9 nitrogen and oxygen atoms in total. The quantitative estimate of drug-likeness (QED) is 0.328. The maximum Gasteiger partial charge on any atom is 0.331 e. The van der Waals surface area contributed by atoms with E-state index >= 15 is 0 Å². The van der Waals surface area contributed by atoms with E-state index in [1.165, 1.54) is 11.1 Å². The number of aliphatic imine (C=N–C) groups is 1. The van der Waals surface area contributed by atoms with Crippen LogP contribution in [0.3, 0.4) is 0 Å². The van der Waals surface area contributed by atoms with E-state index in [4.69, 9.17) is 9.47 Å². The van der Waals surface area contributed by atoms with Crippen LogP contribution in [-0.2, 0) is 13.0 Å². The molecule has 0 saturated carbocycles. The van der Waals surface area contributed by atoms with E-state index in [0.717, 1.165) is 36.2 Å². The summed E-state index contributed by atoms with van der Waals surface area (Å²) in [4.78, 5) is 32.4. The van der Waals surface area contributed by atoms with E-state index in [1.54, 1.807) is 20.3 Å². The second-order valence-electron chi connectivity index (χ2n) is 7.18. The molecule has 0 amide bonds. The molecule has 0 aliphatic rings. The number of ether oxygens (including phenoxy) is 2. The first-order chi connectivity index (χ1) is 14.9. The van der Waals surface area contributed by atoms with E-state index in [0.29, 0.717) is 24.5 Å². The number of aromatic amines is 1. The van der Waals surface area contributed by atoms with Crippen LogP contribution in [0.5, 0.6) is 17.4 Å². The van der Waals surface area contributed by atoms with E-state index < -0.39 is 11.2 Å². The van der Waals surface area contributed by atoms with Crippen molar-refractivity contribution in [1.29, 1.82) is 0 Å². The highest BCUT2D eigenvalue weighted by Crippen LogP contribution is 2.27. The molecule has 0 radical (unpaired) electrons. The summed E-state index contributed by atoms with van der Waals surface area (Å²) in [6, 6.07) is 5.45. The highest BCUT2D eigenvalue weighted by molar-refractivity contribution is 5.81. The van der Waals surface area contributed by atoms with Gasteiger partial charge in [0.15, 0.2) is 11.5 Å². The van der Waals surface area contributed by atoms with Crippen LogP contribution in [0.2, 0.25) is 0 Å². The van der Waals surface area contributed by atoms with Crippen molar-refractivity contribution >= 4 is 6.21 Å². The fourth-order valence-electron chi connectivity index (χ4n) is 3.36. The molecule has 0 spiro atoms. The zero-order valence-corrected chi connectivity index (χ0v) is 18.7. The molecule has 9 heteroatoms. The Morgan fingerprint density at radius 2 is 1.87 bits per heavy atom. The standard InChI is InChI=1S/C22H32N4O5/c1-5-25(6-2)12-7-11-23-15-17-20(27)24-22(29)26(21(17)28)13-10-16-8-9-18(30-3)19(14-16)31-4/h8-9,14-15,28H,5-7,10-13H2,1-4H3,(H,24,27,29)/p+1. The van der Waals surface area contributed by atoms with Crippen molar-refractivity contribution in [3.05, 3.63) is 50.2 Å². The van der Waals surface area contributed by atoms with Gasteiger partial charge in [-0.05, 0) is 38.0 Å². The molecular weight excluding hydrogens is 400 g/mol. The van der Waals surface area contributed by atoms with Gasteiger partial charge in [-0.3, -0.25) is 19.3 Å². The van der Waals surface area contributed by atoms with Crippen LogP contribution in [-0.4, -0.2) is 61.3 Å². The third kappa shape index (κ3) is 6.45. The molecule has 0 aliphatic heterocycles. The summed E-state index contributed by atoms with van der Waals surface area (Å²) in [6.45, 7) is 8.14. The van der Waals surface area contributed by atoms with Crippen LogP contribution >= 0.6 is 0 Å². The first-order valence-corrected chi connectivity index (χ1v) is 10.5. The zero-order chi connectivity index (χ0) is 22.8. The van der Waals surface area contributed by atoms with Gasteiger partial charge >= 0.3 is 5.69 Å². The number of aromatic hydroxyl groups is 1. The summed E-state index contributed by atoms with van der Waals surface area (Å²) >= 11 is 0. The molecule has 0 aliphatic carbocycles. The molecule has 0 fully saturated rings. The fourth-order valence-corrected chi connectivity index (χ4v) is 3.36. The SMILES string of the molecule is CC[NH+](CC)CCCN=Cc1c(O)n(CCc2ccc(OC)c(OC)c2)c(=O)[nH]c1=O. The third-order valence-corrected chi connectivity index (χ3v) is 5.32. The Morgan fingerprint density at radius 3 is 2.52 bits per heavy atom. The number of hydrogen-bond acceptors (Lipinski definition) is 6. The molecule has 170 valence electrons. The lowest BCUT2D eigenvalue weighted by Crippen LogP contribution is -3.11. The largest absolute Gasteiger partial charge is 0.494 e. The molecule has 1 aromatic heterocycles. The fraction of sp³-hybridized carbons (Fsp3) is 0.500. The number of quaternary nitrogens is 1. The predicted molar refractivity (Wildman–Crippen MR) is 120 cm³/mol.